The predicted molar refractivity (Wildman–Crippen MR) is 95.4 cm³/mol. The monoisotopic (exact) mass is 347 g/mol. The van der Waals surface area contributed by atoms with Crippen LogP contribution in [-0.2, 0) is 19.1 Å². The minimum atomic E-state index is -0.969. The van der Waals surface area contributed by atoms with Gasteiger partial charge in [0.1, 0.15) is 0 Å². The van der Waals surface area contributed by atoms with Crippen LogP contribution >= 0.6 is 0 Å². The number of anilines is 1. The van der Waals surface area contributed by atoms with Crippen LogP contribution in [0, 0.1) is 5.92 Å². The summed E-state index contributed by atoms with van der Waals surface area (Å²) in [6.07, 6.45) is -0.241. The van der Waals surface area contributed by atoms with Crippen LogP contribution in [0.3, 0.4) is 0 Å². The maximum Gasteiger partial charge on any atom is 0.335 e. The van der Waals surface area contributed by atoms with Crippen molar-refractivity contribution in [2.75, 3.05) is 11.9 Å². The highest BCUT2D eigenvalue weighted by atomic mass is 16.6. The number of benzene rings is 1. The third kappa shape index (κ3) is 6.51. The van der Waals surface area contributed by atoms with E-state index in [1.165, 1.54) is 13.0 Å². The predicted octanol–water partition coefficient (Wildman–Crippen LogP) is 2.99. The summed E-state index contributed by atoms with van der Waals surface area (Å²) < 4.78 is 10.5. The number of hydrogen-bond donors (Lipinski definition) is 1. The van der Waals surface area contributed by atoms with E-state index in [0.717, 1.165) is 0 Å². The molecular formula is C19H25NO5. The van der Waals surface area contributed by atoms with Crippen LogP contribution in [-0.4, -0.2) is 36.5 Å². The van der Waals surface area contributed by atoms with Crippen molar-refractivity contribution in [3.63, 3.8) is 0 Å². The third-order valence-electron chi connectivity index (χ3n) is 3.44. The first kappa shape index (κ1) is 20.6. The van der Waals surface area contributed by atoms with Crippen molar-refractivity contribution in [3.8, 4) is 0 Å². The summed E-state index contributed by atoms with van der Waals surface area (Å²) in [5.74, 6) is -1.41. The van der Waals surface area contributed by atoms with Crippen LogP contribution in [0.25, 0.3) is 0 Å². The van der Waals surface area contributed by atoms with Gasteiger partial charge >= 0.3 is 5.97 Å². The number of Topliss-reactive ketones (excluding diaryl/α,β-unsaturated/α-hetero) is 1. The van der Waals surface area contributed by atoms with E-state index in [-0.39, 0.29) is 18.3 Å². The van der Waals surface area contributed by atoms with Gasteiger partial charge < -0.3 is 14.8 Å². The summed E-state index contributed by atoms with van der Waals surface area (Å²) in [4.78, 5) is 36.0. The highest BCUT2D eigenvalue weighted by Crippen LogP contribution is 2.15. The molecule has 1 amide bonds. The van der Waals surface area contributed by atoms with Gasteiger partial charge in [0.05, 0.1) is 6.61 Å². The molecule has 0 saturated carbocycles. The quantitative estimate of drug-likeness (QED) is 0.422. The molecule has 0 aliphatic heterocycles. The first-order valence-corrected chi connectivity index (χ1v) is 8.11. The van der Waals surface area contributed by atoms with Gasteiger partial charge in [-0.1, -0.05) is 32.1 Å². The van der Waals surface area contributed by atoms with Gasteiger partial charge in [-0.3, -0.25) is 9.59 Å². The molecule has 6 heteroatoms. The van der Waals surface area contributed by atoms with E-state index >= 15 is 0 Å². The molecule has 0 heterocycles. The van der Waals surface area contributed by atoms with Gasteiger partial charge in [0.25, 0.3) is 5.91 Å². The van der Waals surface area contributed by atoms with Crippen LogP contribution in [0.4, 0.5) is 5.69 Å². The van der Waals surface area contributed by atoms with E-state index in [4.69, 9.17) is 9.47 Å². The zero-order chi connectivity index (χ0) is 19.0. The molecular weight excluding hydrogens is 322 g/mol. The highest BCUT2D eigenvalue weighted by Gasteiger charge is 2.29. The van der Waals surface area contributed by atoms with Gasteiger partial charge in [0.15, 0.2) is 18.0 Å². The Morgan fingerprint density at radius 3 is 2.48 bits per heavy atom. The second-order valence-corrected chi connectivity index (χ2v) is 5.99. The number of nitrogens with one attached hydrogen (secondary N) is 1. The van der Waals surface area contributed by atoms with E-state index in [2.05, 4.69) is 11.9 Å². The van der Waals surface area contributed by atoms with Crippen molar-refractivity contribution >= 4 is 23.3 Å². The van der Waals surface area contributed by atoms with E-state index in [1.807, 2.05) is 0 Å². The largest absolute Gasteiger partial charge is 0.450 e. The van der Waals surface area contributed by atoms with Crippen molar-refractivity contribution in [2.45, 2.75) is 39.9 Å². The summed E-state index contributed by atoms with van der Waals surface area (Å²) in [6, 6.07) is 6.58. The van der Waals surface area contributed by atoms with Crippen molar-refractivity contribution in [1.29, 1.82) is 0 Å². The topological polar surface area (TPSA) is 81.7 Å². The number of carbonyl (C=O) groups excluding carboxylic acids is 3. The Morgan fingerprint density at radius 1 is 1.24 bits per heavy atom. The molecule has 0 fully saturated rings. The maximum atomic E-state index is 12.5. The van der Waals surface area contributed by atoms with Crippen molar-refractivity contribution in [1.82, 2.24) is 0 Å². The van der Waals surface area contributed by atoms with E-state index in [1.54, 1.807) is 45.0 Å². The third-order valence-corrected chi connectivity index (χ3v) is 3.44. The molecule has 25 heavy (non-hydrogen) atoms. The average Bonchev–Trinajstić information content (AvgIpc) is 2.56. The zero-order valence-electron chi connectivity index (χ0n) is 15.1. The lowest BCUT2D eigenvalue weighted by molar-refractivity contribution is -0.166. The van der Waals surface area contributed by atoms with Crippen molar-refractivity contribution in [3.05, 3.63) is 42.5 Å². The first-order chi connectivity index (χ1) is 11.8. The molecule has 0 saturated heterocycles. The lowest BCUT2D eigenvalue weighted by Crippen LogP contribution is -2.39. The van der Waals surface area contributed by atoms with E-state index in [9.17, 15) is 14.4 Å². The Morgan fingerprint density at radius 2 is 1.92 bits per heavy atom. The maximum absolute atomic E-state index is 12.5. The fraction of sp³-hybridized carbons (Fsp3) is 0.421. The van der Waals surface area contributed by atoms with Crippen LogP contribution in [0.2, 0.25) is 0 Å². The molecule has 1 N–H and O–H groups in total. The zero-order valence-corrected chi connectivity index (χ0v) is 15.1. The van der Waals surface area contributed by atoms with Gasteiger partial charge in [-0.15, -0.1) is 6.58 Å². The molecule has 0 aliphatic rings. The molecule has 0 bridgehead atoms. The standard InChI is InChI=1S/C19H25NO5/c1-6-10-24-14(5)19(23)25-17(12(2)3)18(22)20-16-9-7-8-15(11-16)13(4)21/h6-9,11-12,14,17H,1,10H2,2-5H3,(H,20,22). The SMILES string of the molecule is C=CCOC(C)C(=O)OC(C(=O)Nc1cccc(C(C)=O)c1)C(C)C. The Balaban J connectivity index is 2.80. The molecule has 136 valence electrons. The Kier molecular flexibility index (Phi) is 8.01. The first-order valence-electron chi connectivity index (χ1n) is 8.11. The molecule has 2 unspecified atom stereocenters. The summed E-state index contributed by atoms with van der Waals surface area (Å²) in [7, 11) is 0. The van der Waals surface area contributed by atoms with E-state index < -0.39 is 24.1 Å². The number of amides is 1. The normalized spacial score (nSPS) is 13.0. The Hall–Kier alpha value is -2.47. The summed E-state index contributed by atoms with van der Waals surface area (Å²) in [6.45, 7) is 10.3. The molecule has 0 spiro atoms. The molecule has 1 aromatic carbocycles. The fourth-order valence-corrected chi connectivity index (χ4v) is 2.02. The number of ketones is 1. The van der Waals surface area contributed by atoms with Crippen LogP contribution in [0.15, 0.2) is 36.9 Å². The Bertz CT molecular complexity index is 638. The second kappa shape index (κ2) is 9.74. The van der Waals surface area contributed by atoms with Gasteiger partial charge in [0, 0.05) is 11.3 Å². The molecule has 0 radical (unpaired) electrons. The number of rotatable bonds is 9. The second-order valence-electron chi connectivity index (χ2n) is 5.99. The number of esters is 1. The van der Waals surface area contributed by atoms with Gasteiger partial charge in [0.2, 0.25) is 0 Å². The Labute approximate surface area is 148 Å². The fourth-order valence-electron chi connectivity index (χ4n) is 2.02. The molecule has 1 aromatic rings. The molecule has 0 aliphatic carbocycles. The highest BCUT2D eigenvalue weighted by molar-refractivity contribution is 5.98. The van der Waals surface area contributed by atoms with Crippen molar-refractivity contribution in [2.24, 2.45) is 5.92 Å². The lowest BCUT2D eigenvalue weighted by atomic mass is 10.1. The molecule has 6 nitrogen and oxygen atoms in total. The van der Waals surface area contributed by atoms with Crippen LogP contribution < -0.4 is 5.32 Å². The van der Waals surface area contributed by atoms with Crippen molar-refractivity contribution < 1.29 is 23.9 Å². The number of ether oxygens (including phenoxy) is 2. The van der Waals surface area contributed by atoms with Gasteiger partial charge in [-0.25, -0.2) is 4.79 Å². The minimum Gasteiger partial charge on any atom is -0.450 e. The number of hydrogen-bond acceptors (Lipinski definition) is 5. The van der Waals surface area contributed by atoms with Crippen LogP contribution in [0.5, 0.6) is 0 Å². The average molecular weight is 347 g/mol. The lowest BCUT2D eigenvalue weighted by Gasteiger charge is -2.22. The molecule has 0 aromatic heterocycles. The summed E-state index contributed by atoms with van der Waals surface area (Å²) in [5.41, 5.74) is 0.956. The van der Waals surface area contributed by atoms with Gasteiger partial charge in [-0.2, -0.15) is 0 Å². The van der Waals surface area contributed by atoms with Crippen LogP contribution in [0.1, 0.15) is 38.1 Å². The summed E-state index contributed by atoms with van der Waals surface area (Å²) in [5, 5.41) is 2.68. The van der Waals surface area contributed by atoms with E-state index in [0.29, 0.717) is 11.3 Å². The minimum absolute atomic E-state index is 0.101. The smallest absolute Gasteiger partial charge is 0.335 e. The van der Waals surface area contributed by atoms with Gasteiger partial charge in [-0.05, 0) is 31.9 Å². The summed E-state index contributed by atoms with van der Waals surface area (Å²) >= 11 is 0. The number of carbonyl (C=O) groups is 3. The molecule has 1 rings (SSSR count). The molecule has 2 atom stereocenters.